The summed E-state index contributed by atoms with van der Waals surface area (Å²) in [6, 6.07) is 19.9. The zero-order valence-electron chi connectivity index (χ0n) is 19.3. The molecule has 1 saturated heterocycles. The fraction of sp³-hybridized carbons (Fsp3) is 0.423. The number of hydrogen-bond acceptors (Lipinski definition) is 5. The summed E-state index contributed by atoms with van der Waals surface area (Å²) in [5, 5.41) is 9.17. The number of hydrogen-bond donors (Lipinski definition) is 1. The van der Waals surface area contributed by atoms with Crippen LogP contribution < -0.4 is 5.32 Å². The van der Waals surface area contributed by atoms with Gasteiger partial charge in [-0.1, -0.05) is 60.7 Å². The Hall–Kier alpha value is -3.03. The number of benzene rings is 2. The van der Waals surface area contributed by atoms with Crippen molar-refractivity contribution in [2.45, 2.75) is 25.3 Å². The third-order valence-electron chi connectivity index (χ3n) is 6.34. The number of amides is 2. The monoisotopic (exact) mass is 447 g/mol. The number of likely N-dealkylation sites (N-methyl/N-ethyl adjacent to an activating group) is 1. The lowest BCUT2D eigenvalue weighted by Crippen LogP contribution is -2.47. The molecule has 1 atom stereocenters. The summed E-state index contributed by atoms with van der Waals surface area (Å²) in [4.78, 5) is 30.2. The number of nitrogens with one attached hydrogen (secondary N) is 1. The molecule has 33 heavy (non-hydrogen) atoms. The quantitative estimate of drug-likeness (QED) is 0.675. The smallest absolute Gasteiger partial charge is 0.243 e. The van der Waals surface area contributed by atoms with Gasteiger partial charge in [-0.25, -0.2) is 5.01 Å². The van der Waals surface area contributed by atoms with E-state index in [0.29, 0.717) is 6.54 Å². The van der Waals surface area contributed by atoms with Gasteiger partial charge in [0.25, 0.3) is 0 Å². The van der Waals surface area contributed by atoms with Crippen molar-refractivity contribution in [3.8, 4) is 0 Å². The Labute approximate surface area is 196 Å². The zero-order chi connectivity index (χ0) is 23.0. The van der Waals surface area contributed by atoms with E-state index in [1.807, 2.05) is 48.5 Å². The first-order chi connectivity index (χ1) is 16.1. The topological polar surface area (TPSA) is 68.2 Å². The molecule has 4 rings (SSSR count). The molecule has 0 saturated carbocycles. The van der Waals surface area contributed by atoms with Gasteiger partial charge in [0, 0.05) is 52.0 Å². The molecule has 0 radical (unpaired) electrons. The summed E-state index contributed by atoms with van der Waals surface area (Å²) in [6.45, 7) is 5.39. The maximum absolute atomic E-state index is 12.8. The van der Waals surface area contributed by atoms with Gasteiger partial charge in [0.15, 0.2) is 0 Å². The molecule has 2 aromatic carbocycles. The molecule has 0 aliphatic carbocycles. The summed E-state index contributed by atoms with van der Waals surface area (Å²) in [5.41, 5.74) is 3.05. The molecule has 1 unspecified atom stereocenters. The maximum Gasteiger partial charge on any atom is 0.243 e. The summed E-state index contributed by atoms with van der Waals surface area (Å²) in [7, 11) is 2.14. The largest absolute Gasteiger partial charge is 0.348 e. The number of nitrogens with zero attached hydrogens (tertiary/aromatic N) is 4. The molecule has 2 aliphatic heterocycles. The van der Waals surface area contributed by atoms with E-state index < -0.39 is 0 Å². The Morgan fingerprint density at radius 2 is 1.58 bits per heavy atom. The molecule has 174 valence electrons. The first-order valence-electron chi connectivity index (χ1n) is 11.8. The molecular weight excluding hydrogens is 414 g/mol. The van der Waals surface area contributed by atoms with Crippen molar-refractivity contribution in [3.05, 3.63) is 71.8 Å². The van der Waals surface area contributed by atoms with E-state index in [-0.39, 0.29) is 30.7 Å². The highest BCUT2D eigenvalue weighted by Crippen LogP contribution is 2.17. The molecule has 1 N–H and O–H groups in total. The number of carbonyl (C=O) groups is 2. The van der Waals surface area contributed by atoms with Crippen LogP contribution in [0.1, 0.15) is 36.4 Å². The van der Waals surface area contributed by atoms with Crippen LogP contribution in [-0.2, 0) is 9.59 Å². The van der Waals surface area contributed by atoms with Crippen LogP contribution in [0.25, 0.3) is 0 Å². The van der Waals surface area contributed by atoms with Crippen molar-refractivity contribution in [2.75, 3.05) is 46.3 Å². The highest BCUT2D eigenvalue weighted by molar-refractivity contribution is 6.02. The fourth-order valence-electron chi connectivity index (χ4n) is 4.29. The molecule has 2 heterocycles. The van der Waals surface area contributed by atoms with Crippen LogP contribution in [-0.4, -0.2) is 78.7 Å². The second kappa shape index (κ2) is 11.2. The molecule has 0 aromatic heterocycles. The Bertz CT molecular complexity index is 955. The lowest BCUT2D eigenvalue weighted by Gasteiger charge is -2.35. The molecule has 0 spiro atoms. The summed E-state index contributed by atoms with van der Waals surface area (Å²) < 4.78 is 0. The standard InChI is InChI=1S/C26H33N5O2/c1-29-16-18-30(19-17-29)20-24(22-10-6-3-7-11-22)27-25(32)12-13-26(33)31-15-14-23(28-31)21-8-4-2-5-9-21/h2-11,24H,12-20H2,1H3,(H,27,32). The minimum Gasteiger partial charge on any atom is -0.348 e. The third kappa shape index (κ3) is 6.49. The van der Waals surface area contributed by atoms with E-state index in [1.165, 1.54) is 5.01 Å². The average Bonchev–Trinajstić information content (AvgIpc) is 3.35. The molecule has 2 aliphatic rings. The van der Waals surface area contributed by atoms with Crippen LogP contribution in [0.3, 0.4) is 0 Å². The van der Waals surface area contributed by atoms with Crippen molar-refractivity contribution < 1.29 is 9.59 Å². The van der Waals surface area contributed by atoms with E-state index in [4.69, 9.17) is 0 Å². The maximum atomic E-state index is 12.8. The van der Waals surface area contributed by atoms with Crippen LogP contribution >= 0.6 is 0 Å². The van der Waals surface area contributed by atoms with E-state index >= 15 is 0 Å². The molecule has 2 aromatic rings. The lowest BCUT2D eigenvalue weighted by molar-refractivity contribution is -0.133. The van der Waals surface area contributed by atoms with Gasteiger partial charge in [-0.3, -0.25) is 14.5 Å². The van der Waals surface area contributed by atoms with Gasteiger partial charge in [0.1, 0.15) is 0 Å². The van der Waals surface area contributed by atoms with E-state index in [2.05, 4.69) is 39.4 Å². The molecule has 2 amide bonds. The van der Waals surface area contributed by atoms with E-state index in [1.54, 1.807) is 0 Å². The average molecular weight is 448 g/mol. The van der Waals surface area contributed by atoms with Crippen molar-refractivity contribution >= 4 is 17.5 Å². The van der Waals surface area contributed by atoms with Crippen molar-refractivity contribution in [1.29, 1.82) is 0 Å². The number of rotatable bonds is 8. The number of piperazine rings is 1. The van der Waals surface area contributed by atoms with Gasteiger partial charge in [0.05, 0.1) is 18.3 Å². The van der Waals surface area contributed by atoms with Gasteiger partial charge in [-0.2, -0.15) is 5.10 Å². The van der Waals surface area contributed by atoms with Crippen LogP contribution in [0.2, 0.25) is 0 Å². The Morgan fingerprint density at radius 3 is 2.27 bits per heavy atom. The van der Waals surface area contributed by atoms with Crippen molar-refractivity contribution in [1.82, 2.24) is 20.1 Å². The van der Waals surface area contributed by atoms with Gasteiger partial charge in [-0.05, 0) is 18.2 Å². The first kappa shape index (κ1) is 23.1. The van der Waals surface area contributed by atoms with Crippen LogP contribution in [0, 0.1) is 0 Å². The molecule has 0 bridgehead atoms. The van der Waals surface area contributed by atoms with Gasteiger partial charge in [0.2, 0.25) is 11.8 Å². The number of hydrazone groups is 1. The van der Waals surface area contributed by atoms with Crippen LogP contribution in [0.5, 0.6) is 0 Å². The summed E-state index contributed by atoms with van der Waals surface area (Å²) >= 11 is 0. The Kier molecular flexibility index (Phi) is 7.86. The third-order valence-corrected chi connectivity index (χ3v) is 6.34. The highest BCUT2D eigenvalue weighted by Gasteiger charge is 2.24. The summed E-state index contributed by atoms with van der Waals surface area (Å²) in [5.74, 6) is -0.204. The minimum atomic E-state index is -0.105. The SMILES string of the molecule is CN1CCN(CC(NC(=O)CCC(=O)N2CCC(c3ccccc3)=N2)c2ccccc2)CC1. The van der Waals surface area contributed by atoms with E-state index in [9.17, 15) is 9.59 Å². The second-order valence-electron chi connectivity index (χ2n) is 8.81. The van der Waals surface area contributed by atoms with Gasteiger partial charge < -0.3 is 10.2 Å². The fourth-order valence-corrected chi connectivity index (χ4v) is 4.29. The zero-order valence-corrected chi connectivity index (χ0v) is 19.3. The van der Waals surface area contributed by atoms with Crippen molar-refractivity contribution in [3.63, 3.8) is 0 Å². The second-order valence-corrected chi connectivity index (χ2v) is 8.81. The molecule has 1 fully saturated rings. The Balaban J connectivity index is 1.31. The normalized spacial score (nSPS) is 18.1. The number of carbonyl (C=O) groups excluding carboxylic acids is 2. The molecular formula is C26H33N5O2. The minimum absolute atomic E-state index is 0.0910. The predicted molar refractivity (Wildman–Crippen MR) is 130 cm³/mol. The highest BCUT2D eigenvalue weighted by atomic mass is 16.2. The predicted octanol–water partition coefficient (Wildman–Crippen LogP) is 2.51. The molecule has 7 nitrogen and oxygen atoms in total. The molecule has 7 heteroatoms. The lowest BCUT2D eigenvalue weighted by atomic mass is 10.1. The van der Waals surface area contributed by atoms with Crippen LogP contribution in [0.4, 0.5) is 0 Å². The van der Waals surface area contributed by atoms with E-state index in [0.717, 1.165) is 56.0 Å². The first-order valence-corrected chi connectivity index (χ1v) is 11.8. The Morgan fingerprint density at radius 1 is 0.909 bits per heavy atom. The van der Waals surface area contributed by atoms with Gasteiger partial charge in [-0.15, -0.1) is 0 Å². The van der Waals surface area contributed by atoms with Gasteiger partial charge >= 0.3 is 0 Å². The van der Waals surface area contributed by atoms with Crippen molar-refractivity contribution in [2.24, 2.45) is 5.10 Å². The summed E-state index contributed by atoms with van der Waals surface area (Å²) in [6.07, 6.45) is 1.06. The van der Waals surface area contributed by atoms with Crippen LogP contribution in [0.15, 0.2) is 65.8 Å².